The van der Waals surface area contributed by atoms with Gasteiger partial charge in [0.25, 0.3) is 0 Å². The van der Waals surface area contributed by atoms with Crippen molar-refractivity contribution in [2.24, 2.45) is 0 Å². The predicted molar refractivity (Wildman–Crippen MR) is 191 cm³/mol. The minimum Gasteiger partial charge on any atom is -0.481 e. The number of unbranched alkanes of at least 4 members (excludes halogenated alkanes) is 2. The van der Waals surface area contributed by atoms with Crippen LogP contribution in [0, 0.1) is 0 Å². The monoisotopic (exact) mass is 703 g/mol. The van der Waals surface area contributed by atoms with Gasteiger partial charge in [-0.15, -0.1) is 0 Å². The van der Waals surface area contributed by atoms with Crippen molar-refractivity contribution in [2.45, 2.75) is 84.1 Å². The zero-order valence-electron chi connectivity index (χ0n) is 30.0. The maximum atomic E-state index is 13.9. The van der Waals surface area contributed by atoms with Crippen molar-refractivity contribution in [3.63, 3.8) is 0 Å². The maximum absolute atomic E-state index is 13.9. The van der Waals surface area contributed by atoms with E-state index < -0.39 is 54.1 Å². The SMILES string of the molecule is CCCCCNC(=O)[C@H](Cc1ccc(OCC(=O)OC)c(C(=O)OCc2ccccc2)c1)NC(=O)[C@H](Cc1ccccc1)NC(=O)OC(C)(C)C. The molecule has 0 aromatic heterocycles. The lowest BCUT2D eigenvalue weighted by molar-refractivity contribution is -0.143. The van der Waals surface area contributed by atoms with E-state index in [0.29, 0.717) is 12.1 Å². The first kappa shape index (κ1) is 40.0. The molecule has 12 heteroatoms. The van der Waals surface area contributed by atoms with Gasteiger partial charge in [-0.25, -0.2) is 14.4 Å². The topological polar surface area (TPSA) is 158 Å². The van der Waals surface area contributed by atoms with Gasteiger partial charge in [-0.05, 0) is 56.0 Å². The Morgan fingerprint density at radius 2 is 1.37 bits per heavy atom. The number of hydrogen-bond acceptors (Lipinski definition) is 9. The molecule has 3 rings (SSSR count). The summed E-state index contributed by atoms with van der Waals surface area (Å²) in [6, 6.07) is 20.7. The molecule has 274 valence electrons. The highest BCUT2D eigenvalue weighted by Crippen LogP contribution is 2.23. The molecule has 0 heterocycles. The molecule has 51 heavy (non-hydrogen) atoms. The maximum Gasteiger partial charge on any atom is 0.408 e. The molecule has 2 atom stereocenters. The summed E-state index contributed by atoms with van der Waals surface area (Å²) in [4.78, 5) is 65.4. The zero-order valence-corrected chi connectivity index (χ0v) is 30.0. The molecule has 0 saturated heterocycles. The highest BCUT2D eigenvalue weighted by Gasteiger charge is 2.29. The first-order chi connectivity index (χ1) is 24.4. The molecule has 12 nitrogen and oxygen atoms in total. The van der Waals surface area contributed by atoms with Gasteiger partial charge in [-0.3, -0.25) is 9.59 Å². The van der Waals surface area contributed by atoms with Gasteiger partial charge in [0.2, 0.25) is 11.8 Å². The van der Waals surface area contributed by atoms with Crippen molar-refractivity contribution in [3.8, 4) is 5.75 Å². The number of esters is 2. The summed E-state index contributed by atoms with van der Waals surface area (Å²) in [5.41, 5.74) is 1.28. The average Bonchev–Trinajstić information content (AvgIpc) is 3.11. The second-order valence-corrected chi connectivity index (χ2v) is 12.9. The Bertz CT molecular complexity index is 1590. The van der Waals surface area contributed by atoms with Crippen LogP contribution in [0.25, 0.3) is 0 Å². The fraction of sp³-hybridized carbons (Fsp3) is 0.410. The van der Waals surface area contributed by atoms with Gasteiger partial charge in [-0.2, -0.15) is 0 Å². The third-order valence-electron chi connectivity index (χ3n) is 7.49. The number of rotatable bonds is 18. The van der Waals surface area contributed by atoms with Gasteiger partial charge < -0.3 is 34.9 Å². The van der Waals surface area contributed by atoms with Crippen molar-refractivity contribution in [1.29, 1.82) is 0 Å². The standard InChI is InChI=1S/C39H49N3O9/c1-6-7-14-21-40-35(44)31(41-36(45)32(23-27-15-10-8-11-16-27)42-38(47)51-39(2,3)4)24-29-19-20-33(49-26-34(43)48-5)30(22-29)37(46)50-25-28-17-12-9-13-18-28/h8-13,15-20,22,31-32H,6-7,14,21,23-26H2,1-5H3,(H,40,44)(H,41,45)(H,42,47)/t31-,32-/m0/s1. The number of benzene rings is 3. The van der Waals surface area contributed by atoms with Gasteiger partial charge in [0, 0.05) is 19.4 Å². The van der Waals surface area contributed by atoms with Gasteiger partial charge in [0.05, 0.1) is 7.11 Å². The van der Waals surface area contributed by atoms with Crippen LogP contribution in [0.15, 0.2) is 78.9 Å². The van der Waals surface area contributed by atoms with Crippen LogP contribution in [0.2, 0.25) is 0 Å². The average molecular weight is 704 g/mol. The van der Waals surface area contributed by atoms with E-state index in [-0.39, 0.29) is 30.8 Å². The number of hydrogen-bond donors (Lipinski definition) is 3. The quantitative estimate of drug-likeness (QED) is 0.0935. The van der Waals surface area contributed by atoms with Crippen molar-refractivity contribution >= 4 is 29.8 Å². The summed E-state index contributed by atoms with van der Waals surface area (Å²) in [5, 5.41) is 8.38. The fourth-order valence-corrected chi connectivity index (χ4v) is 4.92. The largest absolute Gasteiger partial charge is 0.481 e. The number of carbonyl (C=O) groups is 5. The second kappa shape index (κ2) is 20.3. The van der Waals surface area contributed by atoms with Crippen LogP contribution >= 0.6 is 0 Å². The Labute approximate surface area is 299 Å². The number of methoxy groups -OCH3 is 1. The lowest BCUT2D eigenvalue weighted by atomic mass is 10.0. The Kier molecular flexibility index (Phi) is 16.0. The number of ether oxygens (including phenoxy) is 4. The van der Waals surface area contributed by atoms with E-state index in [0.717, 1.165) is 30.4 Å². The van der Waals surface area contributed by atoms with Gasteiger partial charge in [0.1, 0.15) is 35.6 Å². The summed E-state index contributed by atoms with van der Waals surface area (Å²) in [7, 11) is 1.22. The molecule has 0 spiro atoms. The van der Waals surface area contributed by atoms with Crippen molar-refractivity contribution < 1.29 is 42.9 Å². The Morgan fingerprint density at radius 3 is 2.00 bits per heavy atom. The lowest BCUT2D eigenvalue weighted by Crippen LogP contribution is -2.55. The Morgan fingerprint density at radius 1 is 0.745 bits per heavy atom. The molecule has 0 aliphatic carbocycles. The van der Waals surface area contributed by atoms with Gasteiger partial charge in [-0.1, -0.05) is 86.5 Å². The minimum atomic E-state index is -1.09. The summed E-state index contributed by atoms with van der Waals surface area (Å²) >= 11 is 0. The summed E-state index contributed by atoms with van der Waals surface area (Å²) in [6.07, 6.45) is 1.97. The summed E-state index contributed by atoms with van der Waals surface area (Å²) in [6.45, 7) is 7.16. The Balaban J connectivity index is 1.91. The lowest BCUT2D eigenvalue weighted by Gasteiger charge is -2.25. The van der Waals surface area contributed by atoms with Crippen molar-refractivity contribution in [2.75, 3.05) is 20.3 Å². The molecular formula is C39H49N3O9. The minimum absolute atomic E-state index is 0.00730. The zero-order chi connectivity index (χ0) is 37.2. The third kappa shape index (κ3) is 14.5. The molecule has 3 N–H and O–H groups in total. The van der Waals surface area contributed by atoms with Crippen LogP contribution in [-0.4, -0.2) is 67.8 Å². The molecule has 0 aliphatic rings. The second-order valence-electron chi connectivity index (χ2n) is 12.9. The third-order valence-corrected chi connectivity index (χ3v) is 7.49. The van der Waals surface area contributed by atoms with E-state index in [1.165, 1.54) is 19.2 Å². The molecule has 0 unspecified atom stereocenters. The highest BCUT2D eigenvalue weighted by atomic mass is 16.6. The van der Waals surface area contributed by atoms with E-state index >= 15 is 0 Å². The number of carbonyl (C=O) groups excluding carboxylic acids is 5. The van der Waals surface area contributed by atoms with Gasteiger partial charge >= 0.3 is 18.0 Å². The molecule has 0 bridgehead atoms. The molecule has 3 aromatic rings. The Hall–Kier alpha value is -5.39. The smallest absolute Gasteiger partial charge is 0.408 e. The van der Waals surface area contributed by atoms with E-state index in [4.69, 9.17) is 14.2 Å². The van der Waals surface area contributed by atoms with Crippen LogP contribution < -0.4 is 20.7 Å². The number of alkyl carbamates (subject to hydrolysis) is 1. The van der Waals surface area contributed by atoms with E-state index in [1.54, 1.807) is 26.8 Å². The van der Waals surface area contributed by atoms with Crippen molar-refractivity contribution in [1.82, 2.24) is 16.0 Å². The molecule has 0 fully saturated rings. The fourth-order valence-electron chi connectivity index (χ4n) is 4.92. The summed E-state index contributed by atoms with van der Waals surface area (Å²) < 4.78 is 21.2. The van der Waals surface area contributed by atoms with Crippen LogP contribution in [0.5, 0.6) is 5.75 Å². The number of amides is 3. The highest BCUT2D eigenvalue weighted by molar-refractivity contribution is 5.94. The molecular weight excluding hydrogens is 654 g/mol. The summed E-state index contributed by atoms with van der Waals surface area (Å²) in [5.74, 6) is -2.31. The number of nitrogens with one attached hydrogen (secondary N) is 3. The normalized spacial score (nSPS) is 12.1. The van der Waals surface area contributed by atoms with Crippen molar-refractivity contribution in [3.05, 3.63) is 101 Å². The van der Waals surface area contributed by atoms with Crippen LogP contribution in [0.4, 0.5) is 4.79 Å². The van der Waals surface area contributed by atoms with Gasteiger partial charge in [0.15, 0.2) is 6.61 Å². The molecule has 0 radical (unpaired) electrons. The van der Waals surface area contributed by atoms with Crippen LogP contribution in [0.3, 0.4) is 0 Å². The van der Waals surface area contributed by atoms with E-state index in [1.807, 2.05) is 60.7 Å². The molecule has 3 amide bonds. The van der Waals surface area contributed by atoms with Crippen LogP contribution in [-0.2, 0) is 48.0 Å². The predicted octanol–water partition coefficient (Wildman–Crippen LogP) is 5.07. The molecule has 0 saturated carbocycles. The van der Waals surface area contributed by atoms with E-state index in [2.05, 4.69) is 27.6 Å². The van der Waals surface area contributed by atoms with Crippen LogP contribution in [0.1, 0.15) is 74.0 Å². The molecule has 0 aliphatic heterocycles. The first-order valence-corrected chi connectivity index (χ1v) is 17.0. The molecule has 3 aromatic carbocycles. The van der Waals surface area contributed by atoms with E-state index in [9.17, 15) is 24.0 Å². The first-order valence-electron chi connectivity index (χ1n) is 17.0.